The van der Waals surface area contributed by atoms with E-state index in [0.717, 1.165) is 13.6 Å². The number of amides is 1. The van der Waals surface area contributed by atoms with E-state index < -0.39 is 6.09 Å². The van der Waals surface area contributed by atoms with E-state index in [9.17, 15) is 4.79 Å². The van der Waals surface area contributed by atoms with E-state index in [4.69, 9.17) is 5.73 Å². The average molecular weight is 356 g/mol. The van der Waals surface area contributed by atoms with Gasteiger partial charge in [0.25, 0.3) is 0 Å². The molecule has 0 aliphatic heterocycles. The summed E-state index contributed by atoms with van der Waals surface area (Å²) in [6.07, 6.45) is -0.759. The first-order valence-corrected chi connectivity index (χ1v) is 5.33. The lowest BCUT2D eigenvalue weighted by Crippen LogP contribution is -2.12. The first kappa shape index (κ1) is 10.8. The van der Waals surface area contributed by atoms with E-state index in [1.54, 1.807) is 0 Å². The predicted octanol–water partition coefficient (Wildman–Crippen LogP) is 2.65. The number of hydrogen-bond donors (Lipinski definition) is 1. The summed E-state index contributed by atoms with van der Waals surface area (Å²) >= 11 is 5.53. The Balaban J connectivity index is 2.75. The number of primary amides is 1. The fourth-order valence-electron chi connectivity index (χ4n) is 0.803. The highest BCUT2D eigenvalue weighted by Crippen LogP contribution is 2.20. The summed E-state index contributed by atoms with van der Waals surface area (Å²) in [6.45, 7) is 0.201. The van der Waals surface area contributed by atoms with Crippen molar-refractivity contribution in [2.75, 3.05) is 0 Å². The molecule has 1 aromatic rings. The normalized spacial score (nSPS) is 9.69. The van der Waals surface area contributed by atoms with Crippen LogP contribution in [0, 0.1) is 3.57 Å². The fourth-order valence-corrected chi connectivity index (χ4v) is 1.72. The van der Waals surface area contributed by atoms with E-state index in [1.165, 1.54) is 0 Å². The molecule has 0 spiro atoms. The van der Waals surface area contributed by atoms with E-state index in [2.05, 4.69) is 43.3 Å². The van der Waals surface area contributed by atoms with E-state index in [0.29, 0.717) is 0 Å². The van der Waals surface area contributed by atoms with Crippen molar-refractivity contribution in [1.82, 2.24) is 0 Å². The number of benzene rings is 1. The highest BCUT2D eigenvalue weighted by molar-refractivity contribution is 14.1. The van der Waals surface area contributed by atoms with Crippen molar-refractivity contribution in [2.45, 2.75) is 6.61 Å². The molecule has 0 aliphatic rings. The first-order chi connectivity index (χ1) is 6.09. The van der Waals surface area contributed by atoms with Crippen molar-refractivity contribution in [3.8, 4) is 0 Å². The molecule has 0 atom stereocenters. The molecule has 5 heteroatoms. The van der Waals surface area contributed by atoms with Crippen LogP contribution in [0.1, 0.15) is 5.56 Å². The van der Waals surface area contributed by atoms with Gasteiger partial charge in [0, 0.05) is 13.6 Å². The van der Waals surface area contributed by atoms with Crippen LogP contribution in [0.25, 0.3) is 0 Å². The van der Waals surface area contributed by atoms with E-state index in [-0.39, 0.29) is 6.61 Å². The van der Waals surface area contributed by atoms with Crippen molar-refractivity contribution < 1.29 is 9.53 Å². The zero-order valence-electron chi connectivity index (χ0n) is 6.59. The SMILES string of the molecule is NC(=O)OCc1cc(I)ccc1Br. The molecule has 0 unspecified atom stereocenters. The Kier molecular flexibility index (Phi) is 3.98. The van der Waals surface area contributed by atoms with Crippen molar-refractivity contribution in [2.24, 2.45) is 5.73 Å². The van der Waals surface area contributed by atoms with Crippen molar-refractivity contribution >= 4 is 44.6 Å². The molecule has 13 heavy (non-hydrogen) atoms. The summed E-state index contributed by atoms with van der Waals surface area (Å²) in [7, 11) is 0. The van der Waals surface area contributed by atoms with Gasteiger partial charge in [0.05, 0.1) is 0 Å². The number of rotatable bonds is 2. The van der Waals surface area contributed by atoms with E-state index in [1.807, 2.05) is 18.2 Å². The first-order valence-electron chi connectivity index (χ1n) is 3.46. The van der Waals surface area contributed by atoms with Gasteiger partial charge in [-0.25, -0.2) is 4.79 Å². The maximum Gasteiger partial charge on any atom is 0.404 e. The molecule has 0 aliphatic carbocycles. The number of carbonyl (C=O) groups is 1. The highest BCUT2D eigenvalue weighted by atomic mass is 127. The smallest absolute Gasteiger partial charge is 0.404 e. The Morgan fingerprint density at radius 2 is 2.31 bits per heavy atom. The summed E-state index contributed by atoms with van der Waals surface area (Å²) in [5.41, 5.74) is 5.76. The third-order valence-electron chi connectivity index (χ3n) is 1.38. The van der Waals surface area contributed by atoms with Crippen LogP contribution in [-0.2, 0) is 11.3 Å². The molecule has 0 aromatic heterocycles. The maximum absolute atomic E-state index is 10.4. The van der Waals surface area contributed by atoms with Crippen LogP contribution in [-0.4, -0.2) is 6.09 Å². The van der Waals surface area contributed by atoms with Gasteiger partial charge >= 0.3 is 6.09 Å². The van der Waals surface area contributed by atoms with Gasteiger partial charge in [-0.15, -0.1) is 0 Å². The second-order valence-electron chi connectivity index (χ2n) is 2.34. The van der Waals surface area contributed by atoms with Gasteiger partial charge in [0.1, 0.15) is 6.61 Å². The third kappa shape index (κ3) is 3.51. The molecule has 0 saturated carbocycles. The molecule has 3 nitrogen and oxygen atoms in total. The molecular weight excluding hydrogens is 349 g/mol. The minimum atomic E-state index is -0.759. The maximum atomic E-state index is 10.4. The summed E-state index contributed by atoms with van der Waals surface area (Å²) in [6, 6.07) is 5.79. The number of nitrogens with two attached hydrogens (primary N) is 1. The standard InChI is InChI=1S/C8H7BrINO2/c9-7-2-1-6(10)3-5(7)4-13-8(11)12/h1-3H,4H2,(H2,11,12). The Hall–Kier alpha value is -0.300. The average Bonchev–Trinajstić information content (AvgIpc) is 2.06. The Morgan fingerprint density at radius 1 is 1.62 bits per heavy atom. The van der Waals surface area contributed by atoms with Gasteiger partial charge < -0.3 is 10.5 Å². The molecule has 0 bridgehead atoms. The van der Waals surface area contributed by atoms with Crippen molar-refractivity contribution in [3.05, 3.63) is 31.8 Å². The third-order valence-corrected chi connectivity index (χ3v) is 2.82. The topological polar surface area (TPSA) is 52.3 Å². The molecule has 1 aromatic carbocycles. The molecule has 2 N–H and O–H groups in total. The van der Waals surface area contributed by atoms with Gasteiger partial charge in [0.15, 0.2) is 0 Å². The van der Waals surface area contributed by atoms with Crippen LogP contribution in [0.3, 0.4) is 0 Å². The summed E-state index contributed by atoms with van der Waals surface area (Å²) in [5, 5.41) is 0. The number of carbonyl (C=O) groups excluding carboxylic acids is 1. The second kappa shape index (κ2) is 4.80. The Bertz CT molecular complexity index is 330. The molecule has 0 saturated heterocycles. The minimum absolute atomic E-state index is 0.201. The lowest BCUT2D eigenvalue weighted by molar-refractivity contribution is 0.150. The summed E-state index contributed by atoms with van der Waals surface area (Å²) in [4.78, 5) is 10.4. The lowest BCUT2D eigenvalue weighted by Gasteiger charge is -2.04. The van der Waals surface area contributed by atoms with Gasteiger partial charge in [-0.2, -0.15) is 0 Å². The summed E-state index contributed by atoms with van der Waals surface area (Å²) < 4.78 is 6.67. The molecular formula is C8H7BrINO2. The van der Waals surface area contributed by atoms with Gasteiger partial charge in [0.2, 0.25) is 0 Å². The zero-order chi connectivity index (χ0) is 9.84. The van der Waals surface area contributed by atoms with Crippen LogP contribution >= 0.6 is 38.5 Å². The Morgan fingerprint density at radius 3 is 2.92 bits per heavy atom. The van der Waals surface area contributed by atoms with Crippen LogP contribution in [0.15, 0.2) is 22.7 Å². The summed E-state index contributed by atoms with van der Waals surface area (Å²) in [5.74, 6) is 0. The molecule has 0 heterocycles. The van der Waals surface area contributed by atoms with Crippen LogP contribution in [0.5, 0.6) is 0 Å². The minimum Gasteiger partial charge on any atom is -0.445 e. The lowest BCUT2D eigenvalue weighted by atomic mass is 10.2. The molecule has 1 amide bonds. The van der Waals surface area contributed by atoms with Crippen LogP contribution in [0.4, 0.5) is 4.79 Å². The quantitative estimate of drug-likeness (QED) is 0.829. The monoisotopic (exact) mass is 355 g/mol. The highest BCUT2D eigenvalue weighted by Gasteiger charge is 2.02. The Labute approximate surface area is 97.9 Å². The second-order valence-corrected chi connectivity index (χ2v) is 4.44. The van der Waals surface area contributed by atoms with E-state index >= 15 is 0 Å². The zero-order valence-corrected chi connectivity index (χ0v) is 10.3. The number of hydrogen-bond acceptors (Lipinski definition) is 2. The predicted molar refractivity (Wildman–Crippen MR) is 61.2 cm³/mol. The van der Waals surface area contributed by atoms with Crippen molar-refractivity contribution in [1.29, 1.82) is 0 Å². The van der Waals surface area contributed by atoms with Gasteiger partial charge in [-0.1, -0.05) is 15.9 Å². The van der Waals surface area contributed by atoms with Gasteiger partial charge in [-0.05, 0) is 40.8 Å². The fraction of sp³-hybridized carbons (Fsp3) is 0.125. The van der Waals surface area contributed by atoms with Crippen LogP contribution in [0.2, 0.25) is 0 Å². The molecule has 0 fully saturated rings. The number of halogens is 2. The van der Waals surface area contributed by atoms with Gasteiger partial charge in [-0.3, -0.25) is 0 Å². The molecule has 0 radical (unpaired) electrons. The molecule has 1 rings (SSSR count). The number of ether oxygens (including phenoxy) is 1. The molecule has 70 valence electrons. The van der Waals surface area contributed by atoms with Crippen molar-refractivity contribution in [3.63, 3.8) is 0 Å². The van der Waals surface area contributed by atoms with Crippen LogP contribution < -0.4 is 5.73 Å². The largest absolute Gasteiger partial charge is 0.445 e.